The summed E-state index contributed by atoms with van der Waals surface area (Å²) in [5, 5.41) is 0. The van der Waals surface area contributed by atoms with Crippen LogP contribution in [0.3, 0.4) is 0 Å². The standard InChI is InChI=1S/C52H100O6/c1-7-48(6)40-34-28-22-18-19-24-30-36-42-51(54)57-45-49(58-52(55)43-37-31-25-17-13-9-11-15-21-27-33-39-47(4)5)44-56-50(53)41-35-29-23-16-12-8-10-14-20-26-32-38-46(2)3/h46-49H,7-45H2,1-6H3/t48?,49-/m1/s1. The lowest BCUT2D eigenvalue weighted by Gasteiger charge is -2.18. The molecule has 0 N–H and O–H groups in total. The molecule has 6 nitrogen and oxygen atoms in total. The molecule has 0 aromatic rings. The highest BCUT2D eigenvalue weighted by atomic mass is 16.6. The number of carbonyl (C=O) groups excluding carboxylic acids is 3. The molecule has 58 heavy (non-hydrogen) atoms. The van der Waals surface area contributed by atoms with Gasteiger partial charge in [-0.1, -0.05) is 241 Å². The van der Waals surface area contributed by atoms with Gasteiger partial charge in [-0.05, 0) is 37.0 Å². The molecule has 0 aromatic carbocycles. The zero-order valence-electron chi connectivity index (χ0n) is 39.8. The first-order chi connectivity index (χ1) is 28.1. The Kier molecular flexibility index (Phi) is 42.3. The van der Waals surface area contributed by atoms with Gasteiger partial charge in [0.15, 0.2) is 6.10 Å². The van der Waals surface area contributed by atoms with Crippen LogP contribution in [0.15, 0.2) is 0 Å². The molecule has 344 valence electrons. The van der Waals surface area contributed by atoms with Gasteiger partial charge in [0.25, 0.3) is 0 Å². The minimum absolute atomic E-state index is 0.0651. The summed E-state index contributed by atoms with van der Waals surface area (Å²) in [6.45, 7) is 13.7. The summed E-state index contributed by atoms with van der Waals surface area (Å²) in [7, 11) is 0. The number of rotatable bonds is 45. The van der Waals surface area contributed by atoms with Crippen LogP contribution in [0, 0.1) is 17.8 Å². The van der Waals surface area contributed by atoms with Crippen LogP contribution < -0.4 is 0 Å². The molecule has 0 fully saturated rings. The van der Waals surface area contributed by atoms with Crippen molar-refractivity contribution in [1.82, 2.24) is 0 Å². The first kappa shape index (κ1) is 56.4. The van der Waals surface area contributed by atoms with Gasteiger partial charge < -0.3 is 14.2 Å². The molecule has 0 rings (SSSR count). The highest BCUT2D eigenvalue weighted by molar-refractivity contribution is 5.71. The largest absolute Gasteiger partial charge is 0.462 e. The van der Waals surface area contributed by atoms with Crippen molar-refractivity contribution in [1.29, 1.82) is 0 Å². The van der Waals surface area contributed by atoms with Gasteiger partial charge in [0, 0.05) is 19.3 Å². The molecule has 0 bridgehead atoms. The van der Waals surface area contributed by atoms with E-state index in [4.69, 9.17) is 14.2 Å². The minimum atomic E-state index is -0.763. The van der Waals surface area contributed by atoms with E-state index in [9.17, 15) is 14.4 Å². The maximum atomic E-state index is 12.8. The summed E-state index contributed by atoms with van der Waals surface area (Å²) in [5.74, 6) is 1.64. The minimum Gasteiger partial charge on any atom is -0.462 e. The third kappa shape index (κ3) is 44.0. The van der Waals surface area contributed by atoms with Crippen LogP contribution in [-0.2, 0) is 28.6 Å². The smallest absolute Gasteiger partial charge is 0.306 e. The third-order valence-corrected chi connectivity index (χ3v) is 12.0. The van der Waals surface area contributed by atoms with E-state index in [1.807, 2.05) is 0 Å². The summed E-state index contributed by atoms with van der Waals surface area (Å²) in [5.41, 5.74) is 0. The topological polar surface area (TPSA) is 78.9 Å². The third-order valence-electron chi connectivity index (χ3n) is 12.0. The number of unbranched alkanes of at least 4 members (excludes halogenated alkanes) is 27. The molecule has 2 atom stereocenters. The first-order valence-corrected chi connectivity index (χ1v) is 25.6. The number of carbonyl (C=O) groups is 3. The molecule has 0 aliphatic carbocycles. The molecule has 0 amide bonds. The van der Waals surface area contributed by atoms with Crippen LogP contribution >= 0.6 is 0 Å². The average molecular weight is 821 g/mol. The van der Waals surface area contributed by atoms with Gasteiger partial charge in [-0.2, -0.15) is 0 Å². The second-order valence-corrected chi connectivity index (χ2v) is 19.0. The number of hydrogen-bond donors (Lipinski definition) is 0. The predicted molar refractivity (Wildman–Crippen MR) is 247 cm³/mol. The quantitative estimate of drug-likeness (QED) is 0.0346. The van der Waals surface area contributed by atoms with Gasteiger partial charge in [0.2, 0.25) is 0 Å². The van der Waals surface area contributed by atoms with Crippen molar-refractivity contribution >= 4 is 17.9 Å². The normalized spacial score (nSPS) is 12.6. The summed E-state index contributed by atoms with van der Waals surface area (Å²) in [6, 6.07) is 0. The number of ether oxygens (including phenoxy) is 3. The van der Waals surface area contributed by atoms with Crippen LogP contribution in [-0.4, -0.2) is 37.2 Å². The Morgan fingerprint density at radius 2 is 0.603 bits per heavy atom. The Labute approximate surface area is 361 Å². The fourth-order valence-electron chi connectivity index (χ4n) is 7.73. The lowest BCUT2D eigenvalue weighted by atomic mass is 9.99. The Bertz CT molecular complexity index is 900. The Balaban J connectivity index is 4.34. The molecule has 0 aliphatic rings. The van der Waals surface area contributed by atoms with Gasteiger partial charge >= 0.3 is 17.9 Å². The summed E-state index contributed by atoms with van der Waals surface area (Å²) < 4.78 is 16.8. The van der Waals surface area contributed by atoms with E-state index in [0.29, 0.717) is 19.3 Å². The highest BCUT2D eigenvalue weighted by Gasteiger charge is 2.19. The lowest BCUT2D eigenvalue weighted by molar-refractivity contribution is -0.167. The molecule has 0 radical (unpaired) electrons. The number of esters is 3. The van der Waals surface area contributed by atoms with Gasteiger partial charge in [-0.3, -0.25) is 14.4 Å². The summed E-state index contributed by atoms with van der Waals surface area (Å²) in [6.07, 6.45) is 42.2. The van der Waals surface area contributed by atoms with Gasteiger partial charge in [0.05, 0.1) is 0 Å². The monoisotopic (exact) mass is 821 g/mol. The Morgan fingerprint density at radius 1 is 0.345 bits per heavy atom. The SMILES string of the molecule is CCC(C)CCCCCCCCCCC(=O)OC[C@@H](COC(=O)CCCCCCCCCCCCCC(C)C)OC(=O)CCCCCCCCCCCCCC(C)C. The van der Waals surface area contributed by atoms with Crippen LogP contribution in [0.2, 0.25) is 0 Å². The first-order valence-electron chi connectivity index (χ1n) is 25.6. The van der Waals surface area contributed by atoms with Crippen molar-refractivity contribution in [3.8, 4) is 0 Å². The van der Waals surface area contributed by atoms with E-state index >= 15 is 0 Å². The maximum Gasteiger partial charge on any atom is 0.306 e. The van der Waals surface area contributed by atoms with Crippen LogP contribution in [0.1, 0.15) is 279 Å². The van der Waals surface area contributed by atoms with Crippen molar-refractivity contribution in [2.45, 2.75) is 285 Å². The van der Waals surface area contributed by atoms with Gasteiger partial charge in [-0.15, -0.1) is 0 Å². The molecule has 0 heterocycles. The van der Waals surface area contributed by atoms with Crippen LogP contribution in [0.25, 0.3) is 0 Å². The van der Waals surface area contributed by atoms with E-state index in [-0.39, 0.29) is 31.1 Å². The summed E-state index contributed by atoms with van der Waals surface area (Å²) >= 11 is 0. The van der Waals surface area contributed by atoms with Gasteiger partial charge in [0.1, 0.15) is 13.2 Å². The van der Waals surface area contributed by atoms with Crippen LogP contribution in [0.4, 0.5) is 0 Å². The van der Waals surface area contributed by atoms with Crippen molar-refractivity contribution in [2.24, 2.45) is 17.8 Å². The molecule has 0 spiro atoms. The molecule has 0 saturated heterocycles. The highest BCUT2D eigenvalue weighted by Crippen LogP contribution is 2.18. The predicted octanol–water partition coefficient (Wildman–Crippen LogP) is 16.4. The molecular formula is C52H100O6. The fourth-order valence-corrected chi connectivity index (χ4v) is 7.73. The van der Waals surface area contributed by atoms with Crippen molar-refractivity contribution in [3.63, 3.8) is 0 Å². The second-order valence-electron chi connectivity index (χ2n) is 19.0. The zero-order valence-corrected chi connectivity index (χ0v) is 39.8. The van der Waals surface area contributed by atoms with E-state index < -0.39 is 6.10 Å². The van der Waals surface area contributed by atoms with Crippen LogP contribution in [0.5, 0.6) is 0 Å². The molecule has 0 aliphatic heterocycles. The van der Waals surface area contributed by atoms with Gasteiger partial charge in [-0.25, -0.2) is 0 Å². The Hall–Kier alpha value is -1.59. The average Bonchev–Trinajstić information content (AvgIpc) is 3.19. The Morgan fingerprint density at radius 3 is 0.897 bits per heavy atom. The molecule has 0 aromatic heterocycles. The zero-order chi connectivity index (χ0) is 42.7. The van der Waals surface area contributed by atoms with E-state index in [0.717, 1.165) is 75.5 Å². The summed E-state index contributed by atoms with van der Waals surface area (Å²) in [4.78, 5) is 37.9. The van der Waals surface area contributed by atoms with E-state index in [1.165, 1.54) is 161 Å². The second kappa shape index (κ2) is 43.5. The molecule has 6 heteroatoms. The fraction of sp³-hybridized carbons (Fsp3) is 0.942. The molecular weight excluding hydrogens is 721 g/mol. The van der Waals surface area contributed by atoms with Crippen molar-refractivity contribution in [2.75, 3.05) is 13.2 Å². The van der Waals surface area contributed by atoms with E-state index in [1.54, 1.807) is 0 Å². The van der Waals surface area contributed by atoms with Crippen molar-refractivity contribution in [3.05, 3.63) is 0 Å². The molecule has 1 unspecified atom stereocenters. The molecule has 0 saturated carbocycles. The van der Waals surface area contributed by atoms with E-state index in [2.05, 4.69) is 41.5 Å². The lowest BCUT2D eigenvalue weighted by Crippen LogP contribution is -2.30. The number of hydrogen-bond acceptors (Lipinski definition) is 6. The van der Waals surface area contributed by atoms with Crippen molar-refractivity contribution < 1.29 is 28.6 Å². The maximum absolute atomic E-state index is 12.8.